The third-order valence-corrected chi connectivity index (χ3v) is 2.78. The van der Waals surface area contributed by atoms with E-state index < -0.39 is 4.92 Å². The van der Waals surface area contributed by atoms with E-state index in [9.17, 15) is 10.1 Å². The van der Waals surface area contributed by atoms with E-state index in [4.69, 9.17) is 16.3 Å². The van der Waals surface area contributed by atoms with Crippen LogP contribution in [0.1, 0.15) is 11.1 Å². The number of nitro benzene ring substituents is 1. The Hall–Kier alpha value is -2.21. The predicted octanol–water partition coefficient (Wildman–Crippen LogP) is 3.45. The van der Waals surface area contributed by atoms with Crippen LogP contribution in [0.4, 0.5) is 5.69 Å². The minimum Gasteiger partial charge on any atom is -0.436 e. The van der Waals surface area contributed by atoms with Gasteiger partial charge in [0.1, 0.15) is 5.75 Å². The number of hydrogen-bond acceptors (Lipinski definition) is 5. The summed E-state index contributed by atoms with van der Waals surface area (Å²) < 4.78 is 5.53. The van der Waals surface area contributed by atoms with Gasteiger partial charge in [0.15, 0.2) is 5.15 Å². The first-order chi connectivity index (χ1) is 8.99. The summed E-state index contributed by atoms with van der Waals surface area (Å²) in [6, 6.07) is 3.04. The lowest BCUT2D eigenvalue weighted by atomic mass is 10.1. The maximum Gasteiger partial charge on any atom is 0.272 e. The van der Waals surface area contributed by atoms with Crippen molar-refractivity contribution in [2.45, 2.75) is 13.8 Å². The Morgan fingerprint density at radius 3 is 2.53 bits per heavy atom. The number of aromatic nitrogens is 2. The number of benzene rings is 1. The van der Waals surface area contributed by atoms with Gasteiger partial charge in [0.25, 0.3) is 11.6 Å². The quantitative estimate of drug-likeness (QED) is 0.635. The van der Waals surface area contributed by atoms with Gasteiger partial charge in [-0.3, -0.25) is 10.1 Å². The maximum atomic E-state index is 10.8. The summed E-state index contributed by atoms with van der Waals surface area (Å²) in [4.78, 5) is 18.2. The molecule has 1 heterocycles. The molecule has 98 valence electrons. The van der Waals surface area contributed by atoms with Crippen molar-refractivity contribution in [3.8, 4) is 11.6 Å². The Bertz CT molecular complexity index is 646. The Kier molecular flexibility index (Phi) is 3.62. The fraction of sp³-hybridized carbons (Fsp3) is 0.167. The highest BCUT2D eigenvalue weighted by molar-refractivity contribution is 6.30. The molecule has 0 saturated heterocycles. The molecule has 0 aliphatic heterocycles. The Morgan fingerprint density at radius 2 is 1.89 bits per heavy atom. The van der Waals surface area contributed by atoms with Gasteiger partial charge in [0.05, 0.1) is 4.92 Å². The van der Waals surface area contributed by atoms with Gasteiger partial charge in [0.2, 0.25) is 0 Å². The summed E-state index contributed by atoms with van der Waals surface area (Å²) in [7, 11) is 0. The second-order valence-electron chi connectivity index (χ2n) is 3.92. The monoisotopic (exact) mass is 279 g/mol. The maximum absolute atomic E-state index is 10.8. The van der Waals surface area contributed by atoms with E-state index in [2.05, 4.69) is 9.97 Å². The second-order valence-corrected chi connectivity index (χ2v) is 4.27. The number of hydrogen-bond donors (Lipinski definition) is 0. The highest BCUT2D eigenvalue weighted by Gasteiger charge is 2.15. The first kappa shape index (κ1) is 13.2. The van der Waals surface area contributed by atoms with Crippen LogP contribution in [-0.2, 0) is 0 Å². The summed E-state index contributed by atoms with van der Waals surface area (Å²) in [5.41, 5.74) is 1.18. The van der Waals surface area contributed by atoms with Gasteiger partial charge < -0.3 is 4.74 Å². The standard InChI is InChI=1S/C12H10ClN3O3/c1-7-6-10(8(2)5-9(7)16(17)18)19-12-11(13)14-3-4-15-12/h3-6H,1-2H3. The lowest BCUT2D eigenvalue weighted by Crippen LogP contribution is -1.97. The molecule has 0 saturated carbocycles. The molecule has 0 unspecified atom stereocenters. The van der Waals surface area contributed by atoms with Crippen LogP contribution in [-0.4, -0.2) is 14.9 Å². The Labute approximate surface area is 114 Å². The average Bonchev–Trinajstić information content (AvgIpc) is 2.35. The van der Waals surface area contributed by atoms with Crippen LogP contribution >= 0.6 is 11.6 Å². The average molecular weight is 280 g/mol. The van der Waals surface area contributed by atoms with Crippen molar-refractivity contribution >= 4 is 17.3 Å². The van der Waals surface area contributed by atoms with E-state index in [1.807, 2.05) is 0 Å². The fourth-order valence-corrected chi connectivity index (χ4v) is 1.71. The molecule has 0 fully saturated rings. The van der Waals surface area contributed by atoms with Crippen LogP contribution in [0.3, 0.4) is 0 Å². The molecule has 0 aliphatic rings. The van der Waals surface area contributed by atoms with E-state index in [1.165, 1.54) is 18.5 Å². The Balaban J connectivity index is 2.39. The van der Waals surface area contributed by atoms with Crippen LogP contribution in [0.15, 0.2) is 24.5 Å². The number of nitrogens with zero attached hydrogens (tertiary/aromatic N) is 3. The van der Waals surface area contributed by atoms with Gasteiger partial charge in [-0.15, -0.1) is 0 Å². The number of aryl methyl sites for hydroxylation is 2. The normalized spacial score (nSPS) is 10.3. The van der Waals surface area contributed by atoms with Gasteiger partial charge in [-0.1, -0.05) is 11.6 Å². The molecule has 1 aromatic heterocycles. The number of halogens is 1. The van der Waals surface area contributed by atoms with Gasteiger partial charge >= 0.3 is 0 Å². The second kappa shape index (κ2) is 5.19. The first-order valence-corrected chi connectivity index (χ1v) is 5.77. The lowest BCUT2D eigenvalue weighted by molar-refractivity contribution is -0.385. The summed E-state index contributed by atoms with van der Waals surface area (Å²) in [5.74, 6) is 0.631. The molecule has 0 aliphatic carbocycles. The molecule has 2 aromatic rings. The van der Waals surface area contributed by atoms with Crippen LogP contribution in [0.5, 0.6) is 11.6 Å². The molecule has 0 bridgehead atoms. The molecule has 0 N–H and O–H groups in total. The SMILES string of the molecule is Cc1cc([N+](=O)[O-])c(C)cc1Oc1nccnc1Cl. The van der Waals surface area contributed by atoms with Crippen molar-refractivity contribution < 1.29 is 9.66 Å². The van der Waals surface area contributed by atoms with Gasteiger partial charge in [0, 0.05) is 24.0 Å². The van der Waals surface area contributed by atoms with E-state index in [0.29, 0.717) is 16.9 Å². The minimum atomic E-state index is -0.429. The zero-order valence-electron chi connectivity index (χ0n) is 10.3. The summed E-state index contributed by atoms with van der Waals surface area (Å²) in [6.45, 7) is 3.36. The van der Waals surface area contributed by atoms with Crippen LogP contribution < -0.4 is 4.74 Å². The molecule has 1 aromatic carbocycles. The molecule has 19 heavy (non-hydrogen) atoms. The summed E-state index contributed by atoms with van der Waals surface area (Å²) >= 11 is 5.84. The van der Waals surface area contributed by atoms with E-state index in [-0.39, 0.29) is 16.7 Å². The molecular weight excluding hydrogens is 270 g/mol. The van der Waals surface area contributed by atoms with Gasteiger partial charge in [-0.25, -0.2) is 9.97 Å². The van der Waals surface area contributed by atoms with Crippen molar-refractivity contribution in [2.24, 2.45) is 0 Å². The van der Waals surface area contributed by atoms with Crippen molar-refractivity contribution in [1.82, 2.24) is 9.97 Å². The van der Waals surface area contributed by atoms with Gasteiger partial charge in [-0.05, 0) is 25.5 Å². The van der Waals surface area contributed by atoms with E-state index in [1.54, 1.807) is 19.9 Å². The largest absolute Gasteiger partial charge is 0.436 e. The number of rotatable bonds is 3. The Morgan fingerprint density at radius 1 is 1.21 bits per heavy atom. The molecule has 0 atom stereocenters. The first-order valence-electron chi connectivity index (χ1n) is 5.39. The fourth-order valence-electron chi connectivity index (χ4n) is 1.56. The third-order valence-electron chi connectivity index (χ3n) is 2.52. The lowest BCUT2D eigenvalue weighted by Gasteiger charge is -2.09. The summed E-state index contributed by atoms with van der Waals surface area (Å²) in [5, 5.41) is 11.0. The molecule has 0 radical (unpaired) electrons. The van der Waals surface area contributed by atoms with E-state index >= 15 is 0 Å². The zero-order valence-corrected chi connectivity index (χ0v) is 11.0. The van der Waals surface area contributed by atoms with Crippen molar-refractivity contribution in [2.75, 3.05) is 0 Å². The number of nitro groups is 1. The molecule has 6 nitrogen and oxygen atoms in total. The third kappa shape index (κ3) is 2.79. The van der Waals surface area contributed by atoms with Crippen LogP contribution in [0, 0.1) is 24.0 Å². The van der Waals surface area contributed by atoms with Crippen LogP contribution in [0.2, 0.25) is 5.15 Å². The smallest absolute Gasteiger partial charge is 0.272 e. The molecular formula is C12H10ClN3O3. The van der Waals surface area contributed by atoms with Crippen LogP contribution in [0.25, 0.3) is 0 Å². The molecule has 2 rings (SSSR count). The predicted molar refractivity (Wildman–Crippen MR) is 69.7 cm³/mol. The van der Waals surface area contributed by atoms with Crippen molar-refractivity contribution in [1.29, 1.82) is 0 Å². The molecule has 0 spiro atoms. The van der Waals surface area contributed by atoms with Gasteiger partial charge in [-0.2, -0.15) is 0 Å². The van der Waals surface area contributed by atoms with Crippen molar-refractivity contribution in [3.05, 3.63) is 50.9 Å². The summed E-state index contributed by atoms with van der Waals surface area (Å²) in [6.07, 6.45) is 2.90. The minimum absolute atomic E-state index is 0.0510. The number of ether oxygens (including phenoxy) is 1. The highest BCUT2D eigenvalue weighted by Crippen LogP contribution is 2.32. The molecule has 0 amide bonds. The molecule has 7 heteroatoms. The van der Waals surface area contributed by atoms with E-state index in [0.717, 1.165) is 0 Å². The van der Waals surface area contributed by atoms with Crippen molar-refractivity contribution in [3.63, 3.8) is 0 Å². The highest BCUT2D eigenvalue weighted by atomic mass is 35.5. The zero-order chi connectivity index (χ0) is 14.0. The topological polar surface area (TPSA) is 78.2 Å².